The van der Waals surface area contributed by atoms with E-state index in [0.29, 0.717) is 0 Å². The normalized spacial score (nSPS) is 26.2. The highest BCUT2D eigenvalue weighted by Crippen LogP contribution is 2.21. The van der Waals surface area contributed by atoms with Crippen molar-refractivity contribution in [2.24, 2.45) is 0 Å². The van der Waals surface area contributed by atoms with Gasteiger partial charge in [0.2, 0.25) is 0 Å². The molecule has 0 aromatic heterocycles. The molecule has 5 nitrogen and oxygen atoms in total. The first-order valence-corrected chi connectivity index (χ1v) is 8.23. The monoisotopic (exact) mass is 297 g/mol. The summed E-state index contributed by atoms with van der Waals surface area (Å²) in [6.07, 6.45) is 2.05. The molecule has 1 atom stereocenters. The van der Waals surface area contributed by atoms with Crippen LogP contribution in [0.3, 0.4) is 0 Å². The molecule has 2 heterocycles. The van der Waals surface area contributed by atoms with Gasteiger partial charge in [0.25, 0.3) is 0 Å². The topological polar surface area (TPSA) is 36.0 Å². The molecule has 0 spiro atoms. The third kappa shape index (κ3) is 5.24. The number of carbonyl (C=O) groups is 1. The highest BCUT2D eigenvalue weighted by molar-refractivity contribution is 5.76. The molecule has 2 aliphatic heterocycles. The highest BCUT2D eigenvalue weighted by Gasteiger charge is 2.34. The van der Waals surface area contributed by atoms with Crippen molar-refractivity contribution in [1.29, 1.82) is 0 Å². The molecule has 2 rings (SSSR count). The van der Waals surface area contributed by atoms with E-state index in [1.54, 1.807) is 0 Å². The Labute approximate surface area is 129 Å². The first-order valence-electron chi connectivity index (χ1n) is 8.23. The van der Waals surface area contributed by atoms with Gasteiger partial charge in [-0.1, -0.05) is 0 Å². The van der Waals surface area contributed by atoms with Crippen molar-refractivity contribution in [3.05, 3.63) is 0 Å². The van der Waals surface area contributed by atoms with Crippen LogP contribution >= 0.6 is 0 Å². The fourth-order valence-corrected chi connectivity index (χ4v) is 3.07. The summed E-state index contributed by atoms with van der Waals surface area (Å²) in [5, 5.41) is 0. The molecule has 0 N–H and O–H groups in total. The van der Waals surface area contributed by atoms with Crippen molar-refractivity contribution in [3.63, 3.8) is 0 Å². The quantitative estimate of drug-likeness (QED) is 0.725. The molecule has 0 unspecified atom stereocenters. The number of rotatable bonds is 4. The van der Waals surface area contributed by atoms with Crippen LogP contribution in [0.2, 0.25) is 0 Å². The van der Waals surface area contributed by atoms with Crippen LogP contribution in [0.15, 0.2) is 0 Å². The van der Waals surface area contributed by atoms with E-state index >= 15 is 0 Å². The average Bonchev–Trinajstić information content (AvgIpc) is 2.84. The van der Waals surface area contributed by atoms with Crippen molar-refractivity contribution >= 4 is 5.97 Å². The molecule has 0 amide bonds. The van der Waals surface area contributed by atoms with Gasteiger partial charge in [-0.05, 0) is 47.2 Å². The Balaban J connectivity index is 1.78. The maximum absolute atomic E-state index is 12.3. The molecule has 0 aliphatic carbocycles. The molecule has 2 saturated heterocycles. The predicted molar refractivity (Wildman–Crippen MR) is 84.4 cm³/mol. The first-order chi connectivity index (χ1) is 9.85. The lowest BCUT2D eigenvalue weighted by molar-refractivity contribution is -0.160. The van der Waals surface area contributed by atoms with Gasteiger partial charge in [-0.25, -0.2) is 0 Å². The summed E-state index contributed by atoms with van der Waals surface area (Å²) in [6, 6.07) is -0.0308. The Kier molecular flexibility index (Phi) is 5.63. The summed E-state index contributed by atoms with van der Waals surface area (Å²) in [5.74, 6) is -0.0432. The van der Waals surface area contributed by atoms with E-state index in [0.717, 1.165) is 58.7 Å². The van der Waals surface area contributed by atoms with Gasteiger partial charge in [0.1, 0.15) is 11.6 Å². The van der Waals surface area contributed by atoms with Crippen LogP contribution in [0.1, 0.15) is 33.6 Å². The number of nitrogens with zero attached hydrogens (tertiary/aromatic N) is 3. The third-order valence-corrected chi connectivity index (χ3v) is 4.34. The van der Waals surface area contributed by atoms with Gasteiger partial charge >= 0.3 is 5.97 Å². The number of likely N-dealkylation sites (tertiary alicyclic amines) is 1. The second-order valence-corrected chi connectivity index (χ2v) is 7.37. The van der Waals surface area contributed by atoms with Crippen molar-refractivity contribution < 1.29 is 9.53 Å². The van der Waals surface area contributed by atoms with E-state index in [9.17, 15) is 4.79 Å². The standard InChI is InChI=1S/C16H31N3O2/c1-16(2,3)21-15(20)14-6-5-7-19(14)13-12-18-10-8-17(4)9-11-18/h14H,5-13H2,1-4H3/t14-/m0/s1. The Bertz CT molecular complexity index is 346. The smallest absolute Gasteiger partial charge is 0.323 e. The number of hydrogen-bond donors (Lipinski definition) is 0. The van der Waals surface area contributed by atoms with E-state index in [4.69, 9.17) is 4.74 Å². The van der Waals surface area contributed by atoms with Crippen LogP contribution in [0.25, 0.3) is 0 Å². The fourth-order valence-electron chi connectivity index (χ4n) is 3.07. The van der Waals surface area contributed by atoms with Gasteiger partial charge < -0.3 is 9.64 Å². The molecular weight excluding hydrogens is 266 g/mol. The summed E-state index contributed by atoms with van der Waals surface area (Å²) < 4.78 is 5.56. The molecule has 5 heteroatoms. The Morgan fingerprint density at radius 2 is 1.76 bits per heavy atom. The predicted octanol–water partition coefficient (Wildman–Crippen LogP) is 1.04. The zero-order valence-corrected chi connectivity index (χ0v) is 14.1. The average molecular weight is 297 g/mol. The van der Waals surface area contributed by atoms with Crippen LogP contribution in [-0.4, -0.2) is 85.2 Å². The minimum absolute atomic E-state index is 0.0308. The SMILES string of the molecule is CN1CCN(CCN2CCC[C@H]2C(=O)OC(C)(C)C)CC1. The summed E-state index contributed by atoms with van der Waals surface area (Å²) in [5.41, 5.74) is -0.386. The minimum atomic E-state index is -0.386. The lowest BCUT2D eigenvalue weighted by Crippen LogP contribution is -2.48. The molecule has 122 valence electrons. The molecular formula is C16H31N3O2. The van der Waals surface area contributed by atoms with E-state index < -0.39 is 0 Å². The molecule has 21 heavy (non-hydrogen) atoms. The number of hydrogen-bond acceptors (Lipinski definition) is 5. The number of ether oxygens (including phenoxy) is 1. The van der Waals surface area contributed by atoms with E-state index in [1.165, 1.54) is 0 Å². The van der Waals surface area contributed by atoms with Crippen molar-refractivity contribution in [2.75, 3.05) is 52.9 Å². The Morgan fingerprint density at radius 1 is 1.10 bits per heavy atom. The molecule has 0 saturated carbocycles. The second-order valence-electron chi connectivity index (χ2n) is 7.37. The van der Waals surface area contributed by atoms with Crippen molar-refractivity contribution in [3.8, 4) is 0 Å². The number of carbonyl (C=O) groups excluding carboxylic acids is 1. The van der Waals surface area contributed by atoms with Gasteiger partial charge in [-0.2, -0.15) is 0 Å². The van der Waals surface area contributed by atoms with Crippen molar-refractivity contribution in [2.45, 2.75) is 45.3 Å². The maximum atomic E-state index is 12.3. The molecule has 0 bridgehead atoms. The Hall–Kier alpha value is -0.650. The molecule has 0 aromatic carbocycles. The number of likely N-dealkylation sites (N-methyl/N-ethyl adjacent to an activating group) is 1. The highest BCUT2D eigenvalue weighted by atomic mass is 16.6. The van der Waals surface area contributed by atoms with Crippen LogP contribution in [-0.2, 0) is 9.53 Å². The van der Waals surface area contributed by atoms with Gasteiger partial charge in [0.05, 0.1) is 0 Å². The second kappa shape index (κ2) is 7.07. The minimum Gasteiger partial charge on any atom is -0.459 e. The maximum Gasteiger partial charge on any atom is 0.323 e. The van der Waals surface area contributed by atoms with Gasteiger partial charge in [-0.15, -0.1) is 0 Å². The zero-order chi connectivity index (χ0) is 15.5. The summed E-state index contributed by atoms with van der Waals surface area (Å²) in [6.45, 7) is 13.5. The number of piperazine rings is 1. The van der Waals surface area contributed by atoms with Gasteiger partial charge in [0.15, 0.2) is 0 Å². The molecule has 0 radical (unpaired) electrons. The van der Waals surface area contributed by atoms with Gasteiger partial charge in [-0.3, -0.25) is 14.6 Å². The molecule has 2 fully saturated rings. The fraction of sp³-hybridized carbons (Fsp3) is 0.938. The van der Waals surface area contributed by atoms with Crippen LogP contribution in [0, 0.1) is 0 Å². The van der Waals surface area contributed by atoms with E-state index in [1.807, 2.05) is 20.8 Å². The van der Waals surface area contributed by atoms with Crippen LogP contribution in [0.4, 0.5) is 0 Å². The summed E-state index contributed by atoms with van der Waals surface area (Å²) >= 11 is 0. The van der Waals surface area contributed by atoms with Gasteiger partial charge in [0, 0.05) is 39.3 Å². The first kappa shape index (κ1) is 16.7. The Morgan fingerprint density at radius 3 is 2.38 bits per heavy atom. The van der Waals surface area contributed by atoms with Crippen LogP contribution in [0.5, 0.6) is 0 Å². The molecule has 0 aromatic rings. The zero-order valence-electron chi connectivity index (χ0n) is 14.1. The third-order valence-electron chi connectivity index (χ3n) is 4.34. The summed E-state index contributed by atoms with van der Waals surface area (Å²) in [7, 11) is 2.18. The number of esters is 1. The molecule has 2 aliphatic rings. The summed E-state index contributed by atoms with van der Waals surface area (Å²) in [4.78, 5) is 19.5. The van der Waals surface area contributed by atoms with Crippen molar-refractivity contribution in [1.82, 2.24) is 14.7 Å². The lowest BCUT2D eigenvalue weighted by atomic mass is 10.1. The van der Waals surface area contributed by atoms with E-state index in [2.05, 4.69) is 21.7 Å². The van der Waals surface area contributed by atoms with E-state index in [-0.39, 0.29) is 17.6 Å². The largest absolute Gasteiger partial charge is 0.459 e. The van der Waals surface area contributed by atoms with Crippen LogP contribution < -0.4 is 0 Å². The lowest BCUT2D eigenvalue weighted by Gasteiger charge is -2.34.